The van der Waals surface area contributed by atoms with Crippen molar-refractivity contribution in [3.63, 3.8) is 0 Å². The predicted octanol–water partition coefficient (Wildman–Crippen LogP) is 5.13. The summed E-state index contributed by atoms with van der Waals surface area (Å²) < 4.78 is 6.54. The Balaban J connectivity index is 2.01. The van der Waals surface area contributed by atoms with E-state index >= 15 is 0 Å². The van der Waals surface area contributed by atoms with Crippen molar-refractivity contribution in [1.29, 1.82) is 0 Å². The minimum atomic E-state index is -0.0152. The van der Waals surface area contributed by atoms with Crippen molar-refractivity contribution >= 4 is 53.7 Å². The van der Waals surface area contributed by atoms with E-state index in [0.717, 1.165) is 9.21 Å². The molecule has 4 aromatic rings. The van der Waals surface area contributed by atoms with Crippen molar-refractivity contribution in [1.82, 2.24) is 9.13 Å². The Hall–Kier alpha value is -1.56. The molecule has 116 valence electrons. The molecular weight excluding hydrogens is 418 g/mol. The molecule has 0 radical (unpaired) electrons. The van der Waals surface area contributed by atoms with E-state index in [2.05, 4.69) is 102 Å². The van der Waals surface area contributed by atoms with Crippen LogP contribution < -0.4 is 5.73 Å². The van der Waals surface area contributed by atoms with E-state index in [-0.39, 0.29) is 6.17 Å². The van der Waals surface area contributed by atoms with Gasteiger partial charge >= 0.3 is 0 Å². The van der Waals surface area contributed by atoms with Gasteiger partial charge < -0.3 is 14.9 Å². The Morgan fingerprint density at radius 2 is 1.22 bits per heavy atom. The lowest BCUT2D eigenvalue weighted by Gasteiger charge is -2.24. The SMILES string of the molecule is NCC(n1c(Br)cc2ccccc21)n1c(Br)cc2ccccc21. The summed E-state index contributed by atoms with van der Waals surface area (Å²) in [5.74, 6) is 0. The molecule has 4 rings (SSSR count). The molecule has 5 heteroatoms. The normalized spacial score (nSPS) is 11.8. The van der Waals surface area contributed by atoms with Crippen molar-refractivity contribution in [2.24, 2.45) is 5.73 Å². The maximum absolute atomic E-state index is 6.19. The highest BCUT2D eigenvalue weighted by molar-refractivity contribution is 9.10. The van der Waals surface area contributed by atoms with Crippen molar-refractivity contribution in [3.05, 3.63) is 69.9 Å². The molecule has 0 spiro atoms. The van der Waals surface area contributed by atoms with Crippen LogP contribution in [0.25, 0.3) is 21.8 Å². The summed E-state index contributed by atoms with van der Waals surface area (Å²) in [6.45, 7) is 0.495. The van der Waals surface area contributed by atoms with E-state index < -0.39 is 0 Å². The van der Waals surface area contributed by atoms with Gasteiger partial charge in [0, 0.05) is 17.3 Å². The summed E-state index contributed by atoms with van der Waals surface area (Å²) in [4.78, 5) is 0. The van der Waals surface area contributed by atoms with Gasteiger partial charge in [-0.2, -0.15) is 0 Å². The molecule has 0 amide bonds. The number of halogens is 2. The molecule has 2 heterocycles. The Kier molecular flexibility index (Phi) is 3.79. The molecule has 0 aliphatic heterocycles. The van der Waals surface area contributed by atoms with Crippen molar-refractivity contribution in [3.8, 4) is 0 Å². The lowest BCUT2D eigenvalue weighted by molar-refractivity contribution is 0.453. The number of nitrogens with zero attached hydrogens (tertiary/aromatic N) is 2. The lowest BCUT2D eigenvalue weighted by Crippen LogP contribution is -2.26. The zero-order valence-electron chi connectivity index (χ0n) is 12.3. The van der Waals surface area contributed by atoms with Crippen LogP contribution in [0.5, 0.6) is 0 Å². The van der Waals surface area contributed by atoms with E-state index in [1.165, 1.54) is 21.8 Å². The highest BCUT2D eigenvalue weighted by atomic mass is 79.9. The van der Waals surface area contributed by atoms with Crippen molar-refractivity contribution in [2.45, 2.75) is 6.17 Å². The largest absolute Gasteiger partial charge is 0.327 e. The van der Waals surface area contributed by atoms with Gasteiger partial charge in [0.15, 0.2) is 0 Å². The average molecular weight is 433 g/mol. The van der Waals surface area contributed by atoms with Gasteiger partial charge in [-0.1, -0.05) is 36.4 Å². The molecule has 2 N–H and O–H groups in total. The van der Waals surface area contributed by atoms with Crippen molar-refractivity contribution < 1.29 is 0 Å². The predicted molar refractivity (Wildman–Crippen MR) is 103 cm³/mol. The summed E-state index contributed by atoms with van der Waals surface area (Å²) in [5, 5.41) is 2.40. The number of benzene rings is 2. The first-order valence-electron chi connectivity index (χ1n) is 7.41. The standard InChI is InChI=1S/C18H15Br2N3/c19-16-9-12-5-1-3-7-14(12)22(16)18(11-21)23-15-8-4-2-6-13(15)10-17(23)20/h1-10,18H,11,21H2. The first-order chi connectivity index (χ1) is 11.2. The van der Waals surface area contributed by atoms with Gasteiger partial charge in [0.25, 0.3) is 0 Å². The lowest BCUT2D eigenvalue weighted by atomic mass is 10.2. The van der Waals surface area contributed by atoms with E-state index in [0.29, 0.717) is 6.54 Å². The zero-order valence-corrected chi connectivity index (χ0v) is 15.5. The van der Waals surface area contributed by atoms with Crippen LogP contribution in [0.3, 0.4) is 0 Å². The zero-order chi connectivity index (χ0) is 16.0. The van der Waals surface area contributed by atoms with Gasteiger partial charge in [0.05, 0.1) is 20.2 Å². The van der Waals surface area contributed by atoms with E-state index in [1.54, 1.807) is 0 Å². The van der Waals surface area contributed by atoms with Gasteiger partial charge in [-0.25, -0.2) is 0 Å². The first-order valence-corrected chi connectivity index (χ1v) is 9.00. The van der Waals surface area contributed by atoms with E-state index in [4.69, 9.17) is 5.73 Å². The summed E-state index contributed by atoms with van der Waals surface area (Å²) in [6, 6.07) is 21.0. The number of hydrogen-bond donors (Lipinski definition) is 1. The summed E-state index contributed by atoms with van der Waals surface area (Å²) in [6.07, 6.45) is -0.0152. The fraction of sp³-hybridized carbons (Fsp3) is 0.111. The van der Waals surface area contributed by atoms with E-state index in [9.17, 15) is 0 Å². The first kappa shape index (κ1) is 15.0. The second-order valence-corrected chi connectivity index (χ2v) is 7.13. The Labute approximate surface area is 150 Å². The minimum absolute atomic E-state index is 0.0152. The van der Waals surface area contributed by atoms with Gasteiger partial charge in [0.1, 0.15) is 6.17 Å². The van der Waals surface area contributed by atoms with Gasteiger partial charge in [0.2, 0.25) is 0 Å². The summed E-state index contributed by atoms with van der Waals surface area (Å²) >= 11 is 7.41. The molecule has 0 aliphatic carbocycles. The third kappa shape index (κ3) is 2.35. The number of aromatic nitrogens is 2. The fourth-order valence-corrected chi connectivity index (χ4v) is 4.56. The fourth-order valence-electron chi connectivity index (χ4n) is 3.22. The number of fused-ring (bicyclic) bond motifs is 2. The average Bonchev–Trinajstić information content (AvgIpc) is 3.06. The monoisotopic (exact) mass is 431 g/mol. The van der Waals surface area contributed by atoms with Gasteiger partial charge in [-0.15, -0.1) is 0 Å². The van der Waals surface area contributed by atoms with Gasteiger partial charge in [-0.3, -0.25) is 0 Å². The number of nitrogens with two attached hydrogens (primary N) is 1. The molecule has 3 nitrogen and oxygen atoms in total. The van der Waals surface area contributed by atoms with Crippen LogP contribution in [0.15, 0.2) is 69.9 Å². The molecule has 0 bridgehead atoms. The Bertz CT molecular complexity index is 920. The molecule has 0 saturated carbocycles. The molecule has 0 saturated heterocycles. The molecule has 0 atom stereocenters. The van der Waals surface area contributed by atoms with Crippen LogP contribution in [-0.2, 0) is 0 Å². The molecule has 0 unspecified atom stereocenters. The third-order valence-electron chi connectivity index (χ3n) is 4.21. The summed E-state index contributed by atoms with van der Waals surface area (Å²) in [7, 11) is 0. The second kappa shape index (κ2) is 5.82. The topological polar surface area (TPSA) is 35.9 Å². The smallest absolute Gasteiger partial charge is 0.124 e. The maximum Gasteiger partial charge on any atom is 0.124 e. The number of para-hydroxylation sites is 2. The molecule has 2 aromatic carbocycles. The van der Waals surface area contributed by atoms with Crippen LogP contribution in [0.4, 0.5) is 0 Å². The second-order valence-electron chi connectivity index (χ2n) is 5.51. The Morgan fingerprint density at radius 1 is 0.783 bits per heavy atom. The van der Waals surface area contributed by atoms with Crippen LogP contribution in [0, 0.1) is 0 Å². The van der Waals surface area contributed by atoms with Gasteiger partial charge in [-0.05, 0) is 56.1 Å². The highest BCUT2D eigenvalue weighted by Gasteiger charge is 2.20. The molecular formula is C18H15Br2N3. The van der Waals surface area contributed by atoms with Crippen LogP contribution in [0.1, 0.15) is 6.17 Å². The molecule has 0 fully saturated rings. The van der Waals surface area contributed by atoms with E-state index in [1.807, 2.05) is 0 Å². The molecule has 2 aromatic heterocycles. The van der Waals surface area contributed by atoms with Crippen LogP contribution in [-0.4, -0.2) is 15.7 Å². The molecule has 23 heavy (non-hydrogen) atoms. The van der Waals surface area contributed by atoms with Crippen molar-refractivity contribution in [2.75, 3.05) is 6.54 Å². The quantitative estimate of drug-likeness (QED) is 0.478. The number of rotatable bonds is 3. The third-order valence-corrected chi connectivity index (χ3v) is 5.43. The number of hydrogen-bond acceptors (Lipinski definition) is 1. The molecule has 0 aliphatic rings. The Morgan fingerprint density at radius 3 is 1.65 bits per heavy atom. The van der Waals surface area contributed by atoms with Crippen LogP contribution in [0.2, 0.25) is 0 Å². The van der Waals surface area contributed by atoms with Crippen LogP contribution >= 0.6 is 31.9 Å². The maximum atomic E-state index is 6.19. The highest BCUT2D eigenvalue weighted by Crippen LogP contribution is 2.33. The summed E-state index contributed by atoms with van der Waals surface area (Å²) in [5.41, 5.74) is 8.52. The minimum Gasteiger partial charge on any atom is -0.327 e.